The molecule has 1 aromatic rings. The van der Waals surface area contributed by atoms with E-state index in [1.807, 2.05) is 14.0 Å². The number of ether oxygens (including phenoxy) is 1. The van der Waals surface area contributed by atoms with Crippen molar-refractivity contribution in [1.29, 1.82) is 0 Å². The molecule has 90 valence electrons. The van der Waals surface area contributed by atoms with Crippen LogP contribution in [-0.4, -0.2) is 7.05 Å². The highest BCUT2D eigenvalue weighted by Gasteiger charge is 2.14. The molecule has 2 rings (SSSR count). The Morgan fingerprint density at radius 1 is 1.35 bits per heavy atom. The van der Waals surface area contributed by atoms with Crippen LogP contribution < -0.4 is 5.32 Å². The Morgan fingerprint density at radius 3 is 2.94 bits per heavy atom. The van der Waals surface area contributed by atoms with Crippen molar-refractivity contribution in [1.82, 2.24) is 5.32 Å². The number of benzene rings is 1. The van der Waals surface area contributed by atoms with E-state index in [2.05, 4.69) is 35.4 Å². The van der Waals surface area contributed by atoms with E-state index in [0.29, 0.717) is 6.04 Å². The van der Waals surface area contributed by atoms with Crippen LogP contribution in [0.25, 0.3) is 0 Å². The Hall–Kier alpha value is -1.30. The first-order valence-electron chi connectivity index (χ1n) is 6.11. The molecule has 0 spiro atoms. The molecule has 0 saturated heterocycles. The van der Waals surface area contributed by atoms with Gasteiger partial charge in [-0.25, -0.2) is 0 Å². The van der Waals surface area contributed by atoms with Crippen LogP contribution in [0.15, 0.2) is 18.2 Å². The van der Waals surface area contributed by atoms with E-state index >= 15 is 0 Å². The van der Waals surface area contributed by atoms with Crippen LogP contribution in [0.2, 0.25) is 0 Å². The van der Waals surface area contributed by atoms with E-state index in [0.717, 1.165) is 26.1 Å². The second-order valence-corrected chi connectivity index (χ2v) is 4.33. The number of hydrogen-bond donors (Lipinski definition) is 1. The van der Waals surface area contributed by atoms with Gasteiger partial charge in [0.05, 0.1) is 13.2 Å². The van der Waals surface area contributed by atoms with Crippen molar-refractivity contribution < 1.29 is 4.74 Å². The molecule has 1 heterocycles. The van der Waals surface area contributed by atoms with E-state index in [9.17, 15) is 0 Å². The van der Waals surface area contributed by atoms with Gasteiger partial charge in [-0.3, -0.25) is 0 Å². The summed E-state index contributed by atoms with van der Waals surface area (Å²) in [6, 6.07) is 7.05. The standard InChI is InChI=1S/C15H19NO/c1-3-4-5-6-15(16-2)12-7-8-13-10-17-11-14(13)9-12/h7-9,15-16H,5-6,10-11H2,1-2H3. The van der Waals surface area contributed by atoms with Crippen molar-refractivity contribution in [2.45, 2.75) is 39.0 Å². The van der Waals surface area contributed by atoms with Crippen molar-refractivity contribution in [3.63, 3.8) is 0 Å². The van der Waals surface area contributed by atoms with Crippen LogP contribution in [0.4, 0.5) is 0 Å². The maximum Gasteiger partial charge on any atom is 0.0725 e. The molecule has 1 unspecified atom stereocenters. The molecular weight excluding hydrogens is 210 g/mol. The number of hydrogen-bond acceptors (Lipinski definition) is 2. The Labute approximate surface area is 103 Å². The largest absolute Gasteiger partial charge is 0.372 e. The fourth-order valence-corrected chi connectivity index (χ4v) is 2.23. The second-order valence-electron chi connectivity index (χ2n) is 4.33. The van der Waals surface area contributed by atoms with Crippen LogP contribution in [0.3, 0.4) is 0 Å². The van der Waals surface area contributed by atoms with Crippen LogP contribution >= 0.6 is 0 Å². The quantitative estimate of drug-likeness (QED) is 0.802. The first kappa shape index (κ1) is 12.2. The Balaban J connectivity index is 2.10. The molecule has 0 bridgehead atoms. The molecule has 1 aliphatic heterocycles. The zero-order valence-corrected chi connectivity index (χ0v) is 10.5. The predicted molar refractivity (Wildman–Crippen MR) is 69.4 cm³/mol. The van der Waals surface area contributed by atoms with Crippen molar-refractivity contribution in [3.05, 3.63) is 34.9 Å². The van der Waals surface area contributed by atoms with Gasteiger partial charge in [-0.1, -0.05) is 18.2 Å². The molecule has 1 aromatic carbocycles. The van der Waals surface area contributed by atoms with Crippen LogP contribution in [-0.2, 0) is 18.0 Å². The molecule has 0 saturated carbocycles. The summed E-state index contributed by atoms with van der Waals surface area (Å²) in [6.45, 7) is 3.41. The third kappa shape index (κ3) is 2.88. The van der Waals surface area contributed by atoms with E-state index in [-0.39, 0.29) is 0 Å². The van der Waals surface area contributed by atoms with Crippen molar-refractivity contribution in [3.8, 4) is 11.8 Å². The first-order chi connectivity index (χ1) is 8.35. The fourth-order valence-electron chi connectivity index (χ4n) is 2.23. The van der Waals surface area contributed by atoms with Gasteiger partial charge in [-0.2, -0.15) is 0 Å². The van der Waals surface area contributed by atoms with Gasteiger partial charge >= 0.3 is 0 Å². The summed E-state index contributed by atoms with van der Waals surface area (Å²) in [4.78, 5) is 0. The average molecular weight is 229 g/mol. The van der Waals surface area contributed by atoms with Crippen LogP contribution in [0, 0.1) is 11.8 Å². The lowest BCUT2D eigenvalue weighted by Crippen LogP contribution is -2.16. The lowest BCUT2D eigenvalue weighted by atomic mass is 9.98. The number of rotatable bonds is 4. The summed E-state index contributed by atoms with van der Waals surface area (Å²) < 4.78 is 5.44. The van der Waals surface area contributed by atoms with Gasteiger partial charge in [-0.05, 0) is 37.1 Å². The summed E-state index contributed by atoms with van der Waals surface area (Å²) >= 11 is 0. The third-order valence-electron chi connectivity index (χ3n) is 3.23. The SMILES string of the molecule is CC#CCCC(NC)c1ccc2c(c1)COC2. The van der Waals surface area contributed by atoms with Gasteiger partial charge in [0, 0.05) is 12.5 Å². The zero-order chi connectivity index (χ0) is 12.1. The smallest absolute Gasteiger partial charge is 0.0725 e. The van der Waals surface area contributed by atoms with E-state index in [1.54, 1.807) is 0 Å². The molecule has 0 aromatic heterocycles. The first-order valence-corrected chi connectivity index (χ1v) is 6.11. The minimum atomic E-state index is 0.391. The van der Waals surface area contributed by atoms with Crippen molar-refractivity contribution in [2.75, 3.05) is 7.05 Å². The Morgan fingerprint density at radius 2 is 2.18 bits per heavy atom. The van der Waals surface area contributed by atoms with Crippen LogP contribution in [0.5, 0.6) is 0 Å². The van der Waals surface area contributed by atoms with E-state index in [1.165, 1.54) is 16.7 Å². The highest BCUT2D eigenvalue weighted by atomic mass is 16.5. The fraction of sp³-hybridized carbons (Fsp3) is 0.467. The molecule has 0 fully saturated rings. The summed E-state index contributed by atoms with van der Waals surface area (Å²) in [5.74, 6) is 6.06. The van der Waals surface area contributed by atoms with Gasteiger partial charge in [0.15, 0.2) is 0 Å². The van der Waals surface area contributed by atoms with Crippen molar-refractivity contribution in [2.24, 2.45) is 0 Å². The lowest BCUT2D eigenvalue weighted by Gasteiger charge is -2.16. The minimum absolute atomic E-state index is 0.391. The maximum absolute atomic E-state index is 5.44. The highest BCUT2D eigenvalue weighted by molar-refractivity contribution is 5.34. The molecule has 2 nitrogen and oxygen atoms in total. The van der Waals surface area contributed by atoms with Gasteiger partial charge in [0.1, 0.15) is 0 Å². The molecule has 0 amide bonds. The third-order valence-corrected chi connectivity index (χ3v) is 3.23. The van der Waals surface area contributed by atoms with Crippen molar-refractivity contribution >= 4 is 0 Å². The molecule has 1 N–H and O–H groups in total. The van der Waals surface area contributed by atoms with E-state index < -0.39 is 0 Å². The molecule has 0 radical (unpaired) electrons. The number of nitrogens with one attached hydrogen (secondary N) is 1. The van der Waals surface area contributed by atoms with E-state index in [4.69, 9.17) is 4.74 Å². The molecule has 0 aliphatic carbocycles. The summed E-state index contributed by atoms with van der Waals surface area (Å²) in [6.07, 6.45) is 1.99. The number of fused-ring (bicyclic) bond motifs is 1. The monoisotopic (exact) mass is 229 g/mol. The maximum atomic E-state index is 5.44. The summed E-state index contributed by atoms with van der Waals surface area (Å²) in [5.41, 5.74) is 4.01. The minimum Gasteiger partial charge on any atom is -0.372 e. The molecule has 1 atom stereocenters. The Bertz CT molecular complexity index is 442. The molecule has 1 aliphatic rings. The summed E-state index contributed by atoms with van der Waals surface area (Å²) in [5, 5.41) is 3.36. The van der Waals surface area contributed by atoms with Gasteiger partial charge in [0.25, 0.3) is 0 Å². The van der Waals surface area contributed by atoms with Gasteiger partial charge < -0.3 is 10.1 Å². The normalized spacial score (nSPS) is 14.9. The lowest BCUT2D eigenvalue weighted by molar-refractivity contribution is 0.134. The topological polar surface area (TPSA) is 21.3 Å². The summed E-state index contributed by atoms with van der Waals surface area (Å²) in [7, 11) is 2.01. The molecular formula is C15H19NO. The zero-order valence-electron chi connectivity index (χ0n) is 10.5. The second kappa shape index (κ2) is 5.86. The highest BCUT2D eigenvalue weighted by Crippen LogP contribution is 2.25. The van der Waals surface area contributed by atoms with Crippen LogP contribution in [0.1, 0.15) is 42.5 Å². The average Bonchev–Trinajstić information content (AvgIpc) is 2.82. The predicted octanol–water partition coefficient (Wildman–Crippen LogP) is 2.78. The van der Waals surface area contributed by atoms with Gasteiger partial charge in [-0.15, -0.1) is 11.8 Å². The molecule has 17 heavy (non-hydrogen) atoms. The Kier molecular flexibility index (Phi) is 4.19. The van der Waals surface area contributed by atoms with Gasteiger partial charge in [0.2, 0.25) is 0 Å². The molecule has 2 heteroatoms.